The zero-order valence-corrected chi connectivity index (χ0v) is 17.6. The molecule has 0 atom stereocenters. The van der Waals surface area contributed by atoms with Crippen molar-refractivity contribution in [3.63, 3.8) is 0 Å². The summed E-state index contributed by atoms with van der Waals surface area (Å²) in [6.07, 6.45) is 9.59. The second-order valence-electron chi connectivity index (χ2n) is 9.91. The quantitative estimate of drug-likeness (QED) is 0.720. The number of halogens is 1. The van der Waals surface area contributed by atoms with Gasteiger partial charge in [-0.05, 0) is 93.3 Å². The average Bonchev–Trinajstić information content (AvgIpc) is 3.27. The fourth-order valence-corrected chi connectivity index (χ4v) is 5.94. The summed E-state index contributed by atoms with van der Waals surface area (Å²) >= 11 is 3.53. The molecule has 1 aromatic heterocycles. The van der Waals surface area contributed by atoms with E-state index in [0.717, 1.165) is 28.7 Å². The molecule has 26 heavy (non-hydrogen) atoms. The van der Waals surface area contributed by atoms with E-state index in [2.05, 4.69) is 43.7 Å². The number of likely N-dealkylation sites (tertiary alicyclic amines) is 1. The molecular weight excluding hydrogens is 390 g/mol. The van der Waals surface area contributed by atoms with Crippen LogP contribution < -0.4 is 4.90 Å². The van der Waals surface area contributed by atoms with Crippen LogP contribution in [-0.2, 0) is 10.2 Å². The number of aromatic nitrogens is 1. The molecule has 5 rings (SSSR count). The highest BCUT2D eigenvalue weighted by Gasteiger charge is 2.57. The molecule has 1 amide bonds. The highest BCUT2D eigenvalue weighted by Crippen LogP contribution is 2.56. The molecular formula is C21H28BrN3O. The first-order valence-electron chi connectivity index (χ1n) is 9.99. The van der Waals surface area contributed by atoms with Gasteiger partial charge in [0.2, 0.25) is 5.91 Å². The van der Waals surface area contributed by atoms with Crippen LogP contribution in [0.2, 0.25) is 0 Å². The van der Waals surface area contributed by atoms with Crippen LogP contribution in [0.4, 0.5) is 5.69 Å². The minimum atomic E-state index is -0.523. The van der Waals surface area contributed by atoms with Crippen molar-refractivity contribution in [1.82, 2.24) is 9.88 Å². The maximum Gasteiger partial charge on any atom is 0.239 e. The molecule has 1 aromatic rings. The largest absolute Gasteiger partial charge is 0.307 e. The molecule has 3 fully saturated rings. The summed E-state index contributed by atoms with van der Waals surface area (Å²) in [4.78, 5) is 22.6. The third-order valence-electron chi connectivity index (χ3n) is 7.54. The summed E-state index contributed by atoms with van der Waals surface area (Å²) in [6.45, 7) is 8.94. The van der Waals surface area contributed by atoms with Gasteiger partial charge in [-0.1, -0.05) is 0 Å². The Morgan fingerprint density at radius 2 is 1.92 bits per heavy atom. The van der Waals surface area contributed by atoms with Crippen LogP contribution in [0.5, 0.6) is 0 Å². The van der Waals surface area contributed by atoms with Crippen LogP contribution in [-0.4, -0.2) is 40.5 Å². The Balaban J connectivity index is 1.38. The SMILES string of the molecule is CC1(C)C(=O)N([C@H]2C[C@@](C)(N3CCCC4(CC4)C3)C2)c2cc(Br)cnc21. The zero-order chi connectivity index (χ0) is 18.3. The van der Waals surface area contributed by atoms with E-state index in [1.807, 2.05) is 20.0 Å². The summed E-state index contributed by atoms with van der Waals surface area (Å²) < 4.78 is 0.945. The highest BCUT2D eigenvalue weighted by atomic mass is 79.9. The molecule has 2 aliphatic heterocycles. The number of hydrogen-bond donors (Lipinski definition) is 0. The molecule has 1 saturated heterocycles. The first kappa shape index (κ1) is 17.2. The summed E-state index contributed by atoms with van der Waals surface area (Å²) in [5, 5.41) is 0. The number of amides is 1. The normalized spacial score (nSPS) is 34.7. The Labute approximate surface area is 164 Å². The van der Waals surface area contributed by atoms with E-state index in [1.165, 1.54) is 38.8 Å². The molecule has 2 aliphatic carbocycles. The van der Waals surface area contributed by atoms with Crippen LogP contribution in [0.3, 0.4) is 0 Å². The molecule has 0 bridgehead atoms. The third-order valence-corrected chi connectivity index (χ3v) is 7.97. The number of carbonyl (C=O) groups excluding carboxylic acids is 1. The standard InChI is InChI=1S/C21H28BrN3O/c1-19(2)17-16(9-14(22)12-23-17)25(18(19)26)15-10-20(3,11-15)24-8-4-5-21(13-24)6-7-21/h9,12,15H,4-8,10-11,13H2,1-3H3/t15-,20+. The number of anilines is 1. The molecule has 4 nitrogen and oxygen atoms in total. The molecule has 140 valence electrons. The van der Waals surface area contributed by atoms with E-state index >= 15 is 0 Å². The first-order chi connectivity index (χ1) is 12.2. The topological polar surface area (TPSA) is 36.4 Å². The minimum Gasteiger partial charge on any atom is -0.307 e. The van der Waals surface area contributed by atoms with E-state index in [-0.39, 0.29) is 11.4 Å². The van der Waals surface area contributed by atoms with Crippen LogP contribution >= 0.6 is 15.9 Å². The van der Waals surface area contributed by atoms with E-state index in [9.17, 15) is 4.79 Å². The van der Waals surface area contributed by atoms with Crippen molar-refractivity contribution >= 4 is 27.5 Å². The van der Waals surface area contributed by atoms with Crippen LogP contribution in [0.15, 0.2) is 16.7 Å². The van der Waals surface area contributed by atoms with Gasteiger partial charge in [0.15, 0.2) is 0 Å². The predicted molar refractivity (Wildman–Crippen MR) is 106 cm³/mol. The van der Waals surface area contributed by atoms with Gasteiger partial charge in [-0.2, -0.15) is 0 Å². The zero-order valence-electron chi connectivity index (χ0n) is 16.0. The summed E-state index contributed by atoms with van der Waals surface area (Å²) in [5.74, 6) is 0.211. The molecule has 0 N–H and O–H groups in total. The molecule has 3 heterocycles. The fraction of sp³-hybridized carbons (Fsp3) is 0.714. The second-order valence-corrected chi connectivity index (χ2v) is 10.8. The number of piperidine rings is 1. The van der Waals surface area contributed by atoms with Gasteiger partial charge in [0.05, 0.1) is 16.8 Å². The number of rotatable bonds is 2. The number of pyridine rings is 1. The average molecular weight is 418 g/mol. The first-order valence-corrected chi connectivity index (χ1v) is 10.8. The molecule has 1 spiro atoms. The Hall–Kier alpha value is -0.940. The predicted octanol–water partition coefficient (Wildman–Crippen LogP) is 4.27. The lowest BCUT2D eigenvalue weighted by molar-refractivity contribution is -0.124. The van der Waals surface area contributed by atoms with Gasteiger partial charge in [0, 0.05) is 28.8 Å². The smallest absolute Gasteiger partial charge is 0.239 e. The van der Waals surface area contributed by atoms with Gasteiger partial charge >= 0.3 is 0 Å². The second kappa shape index (κ2) is 5.32. The lowest BCUT2D eigenvalue weighted by Crippen LogP contribution is -2.64. The van der Waals surface area contributed by atoms with Gasteiger partial charge in [0.1, 0.15) is 0 Å². The maximum atomic E-state index is 13.2. The molecule has 5 heteroatoms. The molecule has 0 aromatic carbocycles. The van der Waals surface area contributed by atoms with E-state index in [0.29, 0.717) is 11.5 Å². The van der Waals surface area contributed by atoms with Crippen molar-refractivity contribution in [2.24, 2.45) is 5.41 Å². The van der Waals surface area contributed by atoms with Crippen molar-refractivity contribution < 1.29 is 4.79 Å². The molecule has 4 aliphatic rings. The Morgan fingerprint density at radius 1 is 1.19 bits per heavy atom. The Bertz CT molecular complexity index is 779. The number of fused-ring (bicyclic) bond motifs is 1. The van der Waals surface area contributed by atoms with Crippen LogP contribution in [0.1, 0.15) is 65.0 Å². The van der Waals surface area contributed by atoms with Gasteiger partial charge < -0.3 is 4.90 Å². The minimum absolute atomic E-state index is 0.211. The maximum absolute atomic E-state index is 13.2. The third kappa shape index (κ3) is 2.35. The van der Waals surface area contributed by atoms with Crippen molar-refractivity contribution in [3.05, 3.63) is 22.4 Å². The molecule has 0 radical (unpaired) electrons. The van der Waals surface area contributed by atoms with Gasteiger partial charge in [-0.25, -0.2) is 0 Å². The summed E-state index contributed by atoms with van der Waals surface area (Å²) in [7, 11) is 0. The Kier molecular flexibility index (Phi) is 3.51. The number of nitrogens with zero attached hydrogens (tertiary/aromatic N) is 3. The molecule has 0 unspecified atom stereocenters. The highest BCUT2D eigenvalue weighted by molar-refractivity contribution is 9.10. The van der Waals surface area contributed by atoms with E-state index in [4.69, 9.17) is 0 Å². The monoisotopic (exact) mass is 417 g/mol. The lowest BCUT2D eigenvalue weighted by atomic mass is 9.70. The number of hydrogen-bond acceptors (Lipinski definition) is 3. The van der Waals surface area contributed by atoms with Crippen molar-refractivity contribution in [3.8, 4) is 0 Å². The molecule has 2 saturated carbocycles. The van der Waals surface area contributed by atoms with Crippen molar-refractivity contribution in [2.75, 3.05) is 18.0 Å². The Morgan fingerprint density at radius 3 is 2.62 bits per heavy atom. The van der Waals surface area contributed by atoms with E-state index in [1.54, 1.807) is 0 Å². The van der Waals surface area contributed by atoms with Gasteiger partial charge in [-0.3, -0.25) is 14.7 Å². The summed E-state index contributed by atoms with van der Waals surface area (Å²) in [6, 6.07) is 2.38. The van der Waals surface area contributed by atoms with Crippen LogP contribution in [0, 0.1) is 5.41 Å². The lowest BCUT2D eigenvalue weighted by Gasteiger charge is -2.56. The van der Waals surface area contributed by atoms with Crippen molar-refractivity contribution in [2.45, 2.75) is 76.3 Å². The van der Waals surface area contributed by atoms with E-state index < -0.39 is 5.41 Å². The fourth-order valence-electron chi connectivity index (χ4n) is 5.62. The summed E-state index contributed by atoms with van der Waals surface area (Å²) in [5.41, 5.74) is 2.32. The number of carbonyl (C=O) groups is 1. The van der Waals surface area contributed by atoms with Gasteiger partial charge in [-0.15, -0.1) is 0 Å². The van der Waals surface area contributed by atoms with Gasteiger partial charge in [0.25, 0.3) is 0 Å². The van der Waals surface area contributed by atoms with Crippen LogP contribution in [0.25, 0.3) is 0 Å². The van der Waals surface area contributed by atoms with Crippen molar-refractivity contribution in [1.29, 1.82) is 0 Å².